The summed E-state index contributed by atoms with van der Waals surface area (Å²) in [5.41, 5.74) is 9.12. The first-order valence-corrected chi connectivity index (χ1v) is 10.4. The molecule has 160 valence electrons. The molecule has 9 heteroatoms. The van der Waals surface area contributed by atoms with Gasteiger partial charge in [0, 0.05) is 56.4 Å². The van der Waals surface area contributed by atoms with Crippen LogP contribution in [0.15, 0.2) is 40.8 Å². The van der Waals surface area contributed by atoms with Crippen LogP contribution in [0.5, 0.6) is 0 Å². The van der Waals surface area contributed by atoms with Gasteiger partial charge in [-0.1, -0.05) is 18.2 Å². The van der Waals surface area contributed by atoms with Crippen LogP contribution < -0.4 is 10.6 Å². The smallest absolute Gasteiger partial charge is 0.320 e. The maximum Gasteiger partial charge on any atom is 0.320 e. The number of pyridine rings is 1. The number of piperazine rings is 1. The Labute approximate surface area is 179 Å². The third-order valence-corrected chi connectivity index (χ3v) is 6.02. The van der Waals surface area contributed by atoms with Crippen LogP contribution in [0.2, 0.25) is 0 Å². The largest absolute Gasteiger partial charge is 0.422 e. The highest BCUT2D eigenvalue weighted by Crippen LogP contribution is 2.30. The molecule has 1 aromatic carbocycles. The average Bonchev–Trinajstić information content (AvgIpc) is 3.16. The van der Waals surface area contributed by atoms with Crippen molar-refractivity contribution < 1.29 is 14.0 Å². The predicted octanol–water partition coefficient (Wildman–Crippen LogP) is 1.97. The number of benzene rings is 1. The molecule has 2 fully saturated rings. The number of hydrogen-bond acceptors (Lipinski definition) is 6. The Morgan fingerprint density at radius 3 is 2.48 bits per heavy atom. The minimum atomic E-state index is -0.430. The molecule has 2 saturated heterocycles. The molecule has 0 bridgehead atoms. The maximum absolute atomic E-state index is 12.9. The van der Waals surface area contributed by atoms with E-state index in [0.29, 0.717) is 62.1 Å². The van der Waals surface area contributed by atoms with Gasteiger partial charge in [0.25, 0.3) is 6.01 Å². The van der Waals surface area contributed by atoms with E-state index < -0.39 is 5.91 Å². The summed E-state index contributed by atoms with van der Waals surface area (Å²) < 4.78 is 5.83. The second kappa shape index (κ2) is 7.57. The summed E-state index contributed by atoms with van der Waals surface area (Å²) in [6.45, 7) is 5.62. The number of nitrogens with zero attached hydrogens (tertiary/aromatic N) is 5. The number of urea groups is 1. The van der Waals surface area contributed by atoms with Crippen molar-refractivity contribution in [3.05, 3.63) is 53.2 Å². The average molecular weight is 420 g/mol. The number of primary amides is 1. The Morgan fingerprint density at radius 2 is 1.74 bits per heavy atom. The Balaban J connectivity index is 1.18. The quantitative estimate of drug-likeness (QED) is 0.694. The molecule has 0 spiro atoms. The SMILES string of the molecule is Cc1ccc2oc(N3CCN(C(=O)N4CC(c5ccccc5C(N)=O)C4)CC3)nc2n1. The van der Waals surface area contributed by atoms with Gasteiger partial charge in [0.05, 0.1) is 0 Å². The lowest BCUT2D eigenvalue weighted by atomic mass is 9.88. The maximum atomic E-state index is 12.9. The van der Waals surface area contributed by atoms with Gasteiger partial charge in [-0.15, -0.1) is 0 Å². The van der Waals surface area contributed by atoms with Gasteiger partial charge in [0.15, 0.2) is 5.58 Å². The Bertz CT molecular complexity index is 1150. The summed E-state index contributed by atoms with van der Waals surface area (Å²) in [5, 5.41) is 0. The lowest BCUT2D eigenvalue weighted by Crippen LogP contribution is -2.58. The molecule has 2 N–H and O–H groups in total. The van der Waals surface area contributed by atoms with Crippen LogP contribution in [0.25, 0.3) is 11.2 Å². The number of oxazole rings is 1. The summed E-state index contributed by atoms with van der Waals surface area (Å²) in [7, 11) is 0. The monoisotopic (exact) mass is 420 g/mol. The van der Waals surface area contributed by atoms with E-state index in [9.17, 15) is 9.59 Å². The second-order valence-electron chi connectivity index (χ2n) is 8.08. The Hall–Kier alpha value is -3.62. The van der Waals surface area contributed by atoms with Gasteiger partial charge in [-0.05, 0) is 30.7 Å². The summed E-state index contributed by atoms with van der Waals surface area (Å²) in [4.78, 5) is 39.2. The molecule has 0 aliphatic carbocycles. The zero-order valence-electron chi connectivity index (χ0n) is 17.3. The van der Waals surface area contributed by atoms with Crippen molar-refractivity contribution in [2.45, 2.75) is 12.8 Å². The number of likely N-dealkylation sites (tertiary alicyclic amines) is 1. The van der Waals surface area contributed by atoms with Gasteiger partial charge in [-0.2, -0.15) is 4.98 Å². The van der Waals surface area contributed by atoms with Crippen LogP contribution in [0.4, 0.5) is 10.8 Å². The standard InChI is InChI=1S/C22H24N6O3/c1-14-6-7-18-20(24-14)25-21(31-18)26-8-10-27(11-9-26)22(30)28-12-15(13-28)16-4-2-3-5-17(16)19(23)29/h2-7,15H,8-13H2,1H3,(H2,23,29). The first kappa shape index (κ1) is 19.3. The molecular weight excluding hydrogens is 396 g/mol. The molecule has 2 aromatic heterocycles. The van der Waals surface area contributed by atoms with Crippen molar-refractivity contribution in [3.63, 3.8) is 0 Å². The molecule has 2 aliphatic rings. The zero-order chi connectivity index (χ0) is 21.5. The van der Waals surface area contributed by atoms with Crippen molar-refractivity contribution in [1.29, 1.82) is 0 Å². The van der Waals surface area contributed by atoms with E-state index in [4.69, 9.17) is 10.2 Å². The van der Waals surface area contributed by atoms with Crippen LogP contribution in [0.1, 0.15) is 27.5 Å². The molecular formula is C22H24N6O3. The molecule has 31 heavy (non-hydrogen) atoms. The fourth-order valence-corrected chi connectivity index (χ4v) is 4.23. The minimum absolute atomic E-state index is 0.0299. The van der Waals surface area contributed by atoms with E-state index in [1.54, 1.807) is 12.1 Å². The molecule has 0 radical (unpaired) electrons. The van der Waals surface area contributed by atoms with Gasteiger partial charge in [-0.25, -0.2) is 9.78 Å². The van der Waals surface area contributed by atoms with E-state index in [-0.39, 0.29) is 11.9 Å². The molecule has 0 unspecified atom stereocenters. The molecule has 9 nitrogen and oxygen atoms in total. The van der Waals surface area contributed by atoms with Gasteiger partial charge in [0.2, 0.25) is 11.6 Å². The molecule has 4 heterocycles. The number of anilines is 1. The van der Waals surface area contributed by atoms with Crippen molar-refractivity contribution in [2.24, 2.45) is 5.73 Å². The van der Waals surface area contributed by atoms with E-state index in [2.05, 4.69) is 9.97 Å². The predicted molar refractivity (Wildman–Crippen MR) is 115 cm³/mol. The topological polar surface area (TPSA) is 109 Å². The Morgan fingerprint density at radius 1 is 1.00 bits per heavy atom. The number of rotatable bonds is 3. The molecule has 5 rings (SSSR count). The van der Waals surface area contributed by atoms with E-state index >= 15 is 0 Å². The number of aromatic nitrogens is 2. The summed E-state index contributed by atoms with van der Waals surface area (Å²) in [6.07, 6.45) is 0. The zero-order valence-corrected chi connectivity index (χ0v) is 17.3. The fourth-order valence-electron chi connectivity index (χ4n) is 4.23. The van der Waals surface area contributed by atoms with Crippen LogP contribution in [-0.2, 0) is 0 Å². The number of carbonyl (C=O) groups is 2. The van der Waals surface area contributed by atoms with Crippen molar-refractivity contribution in [1.82, 2.24) is 19.8 Å². The van der Waals surface area contributed by atoms with Gasteiger partial charge in [-0.3, -0.25) is 4.79 Å². The number of hydrogen-bond donors (Lipinski definition) is 1. The first-order valence-electron chi connectivity index (χ1n) is 10.4. The Kier molecular flexibility index (Phi) is 4.72. The van der Waals surface area contributed by atoms with Crippen molar-refractivity contribution in [3.8, 4) is 0 Å². The summed E-state index contributed by atoms with van der Waals surface area (Å²) >= 11 is 0. The van der Waals surface area contributed by atoms with Crippen LogP contribution in [0, 0.1) is 6.92 Å². The summed E-state index contributed by atoms with van der Waals surface area (Å²) in [6, 6.07) is 11.7. The normalized spacial score (nSPS) is 17.1. The molecule has 0 atom stereocenters. The lowest BCUT2D eigenvalue weighted by Gasteiger charge is -2.44. The third kappa shape index (κ3) is 3.56. The molecule has 3 aromatic rings. The van der Waals surface area contributed by atoms with Crippen LogP contribution in [0.3, 0.4) is 0 Å². The van der Waals surface area contributed by atoms with E-state index in [1.807, 2.05) is 45.9 Å². The highest BCUT2D eigenvalue weighted by Gasteiger charge is 2.36. The van der Waals surface area contributed by atoms with Crippen molar-refractivity contribution >= 4 is 29.2 Å². The van der Waals surface area contributed by atoms with E-state index in [0.717, 1.165) is 11.3 Å². The van der Waals surface area contributed by atoms with Crippen LogP contribution in [-0.4, -0.2) is 71.0 Å². The van der Waals surface area contributed by atoms with Gasteiger partial charge in [0.1, 0.15) is 0 Å². The fraction of sp³-hybridized carbons (Fsp3) is 0.364. The molecule has 2 aliphatic heterocycles. The number of aryl methyl sites for hydroxylation is 1. The molecule has 3 amide bonds. The number of carbonyl (C=O) groups excluding carboxylic acids is 2. The van der Waals surface area contributed by atoms with Gasteiger partial charge < -0.3 is 24.9 Å². The van der Waals surface area contributed by atoms with Gasteiger partial charge >= 0.3 is 6.03 Å². The first-order chi connectivity index (χ1) is 15.0. The number of nitrogens with two attached hydrogens (primary N) is 1. The lowest BCUT2D eigenvalue weighted by molar-refractivity contribution is 0.0991. The van der Waals surface area contributed by atoms with E-state index in [1.165, 1.54) is 0 Å². The summed E-state index contributed by atoms with van der Waals surface area (Å²) in [5.74, 6) is -0.286. The van der Waals surface area contributed by atoms with Crippen LogP contribution >= 0.6 is 0 Å². The van der Waals surface area contributed by atoms with Crippen molar-refractivity contribution in [2.75, 3.05) is 44.2 Å². The third-order valence-electron chi connectivity index (χ3n) is 6.02. The highest BCUT2D eigenvalue weighted by atomic mass is 16.4. The number of fused-ring (bicyclic) bond motifs is 1. The highest BCUT2D eigenvalue weighted by molar-refractivity contribution is 5.94. The second-order valence-corrected chi connectivity index (χ2v) is 8.08. The minimum Gasteiger partial charge on any atom is -0.422 e. The molecule has 0 saturated carbocycles. The number of amides is 3.